The molecule has 1 aromatic heterocycles. The van der Waals surface area contributed by atoms with E-state index in [4.69, 9.17) is 16.0 Å². The highest BCUT2D eigenvalue weighted by Gasteiger charge is 2.27. The molecule has 0 N–H and O–H groups in total. The lowest BCUT2D eigenvalue weighted by atomic mass is 10.2. The van der Waals surface area contributed by atoms with Gasteiger partial charge in [0, 0.05) is 10.6 Å². The lowest BCUT2D eigenvalue weighted by molar-refractivity contribution is 0.457. The van der Waals surface area contributed by atoms with Gasteiger partial charge in [-0.25, -0.2) is 8.42 Å². The summed E-state index contributed by atoms with van der Waals surface area (Å²) in [5.74, 6) is -0.282. The number of sulfone groups is 1. The van der Waals surface area contributed by atoms with Crippen LogP contribution in [-0.4, -0.2) is 13.4 Å². The summed E-state index contributed by atoms with van der Waals surface area (Å²) in [6, 6.07) is 17.2. The van der Waals surface area contributed by atoms with E-state index < -0.39 is 14.9 Å². The van der Waals surface area contributed by atoms with Crippen molar-refractivity contribution in [3.63, 3.8) is 0 Å². The standard InChI is InChI=1S/C17H11ClN2O3S/c18-14-9-5-4-8-13(14)11-24(21,22)17-15(10-19)20-16(23-17)12-6-2-1-3-7-12/h1-9H,11H2. The Hall–Kier alpha value is -2.62. The number of hydrogen-bond acceptors (Lipinski definition) is 5. The van der Waals surface area contributed by atoms with Crippen molar-refractivity contribution in [3.8, 4) is 17.5 Å². The molecule has 0 amide bonds. The van der Waals surface area contributed by atoms with Gasteiger partial charge in [-0.2, -0.15) is 10.2 Å². The van der Waals surface area contributed by atoms with E-state index in [0.29, 0.717) is 16.1 Å². The molecule has 1 heterocycles. The summed E-state index contributed by atoms with van der Waals surface area (Å²) in [6.07, 6.45) is 0. The molecular weight excluding hydrogens is 348 g/mol. The van der Waals surface area contributed by atoms with Gasteiger partial charge >= 0.3 is 0 Å². The van der Waals surface area contributed by atoms with E-state index in [1.807, 2.05) is 6.07 Å². The minimum absolute atomic E-state index is 0.0879. The number of oxazole rings is 1. The summed E-state index contributed by atoms with van der Waals surface area (Å²) < 4.78 is 30.7. The molecule has 0 saturated carbocycles. The molecule has 5 nitrogen and oxygen atoms in total. The Bertz CT molecular complexity index is 1020. The maximum absolute atomic E-state index is 12.6. The van der Waals surface area contributed by atoms with Crippen molar-refractivity contribution < 1.29 is 12.8 Å². The molecule has 3 rings (SSSR count). The minimum Gasteiger partial charge on any atom is -0.423 e. The molecule has 0 unspecified atom stereocenters. The van der Waals surface area contributed by atoms with Gasteiger partial charge in [0.15, 0.2) is 5.69 Å². The van der Waals surface area contributed by atoms with Gasteiger partial charge in [-0.05, 0) is 23.8 Å². The maximum Gasteiger partial charge on any atom is 0.257 e. The molecule has 0 fully saturated rings. The molecule has 0 atom stereocenters. The Labute approximate surface area is 144 Å². The highest BCUT2D eigenvalue weighted by molar-refractivity contribution is 7.90. The van der Waals surface area contributed by atoms with E-state index in [-0.39, 0.29) is 17.3 Å². The molecule has 0 bridgehead atoms. The third-order valence-corrected chi connectivity index (χ3v) is 5.21. The summed E-state index contributed by atoms with van der Waals surface area (Å²) in [5.41, 5.74) is 0.759. The van der Waals surface area contributed by atoms with Crippen molar-refractivity contribution in [2.24, 2.45) is 0 Å². The Morgan fingerprint density at radius 2 is 1.75 bits per heavy atom. The Kier molecular flexibility index (Phi) is 4.38. The van der Waals surface area contributed by atoms with Crippen LogP contribution in [0, 0.1) is 11.3 Å². The van der Waals surface area contributed by atoms with Crippen LogP contribution in [-0.2, 0) is 15.6 Å². The fourth-order valence-electron chi connectivity index (χ4n) is 2.18. The van der Waals surface area contributed by atoms with Crippen molar-refractivity contribution in [2.45, 2.75) is 10.8 Å². The van der Waals surface area contributed by atoms with Crippen molar-refractivity contribution in [1.82, 2.24) is 4.98 Å². The van der Waals surface area contributed by atoms with Gasteiger partial charge in [-0.1, -0.05) is 48.0 Å². The normalized spacial score (nSPS) is 11.2. The SMILES string of the molecule is N#Cc1nc(-c2ccccc2)oc1S(=O)(=O)Cc1ccccc1Cl. The number of hydrogen-bond donors (Lipinski definition) is 0. The molecule has 24 heavy (non-hydrogen) atoms. The number of halogens is 1. The first-order valence-electron chi connectivity index (χ1n) is 6.94. The van der Waals surface area contributed by atoms with E-state index in [1.165, 1.54) is 0 Å². The molecular formula is C17H11ClN2O3S. The van der Waals surface area contributed by atoms with Gasteiger partial charge in [0.25, 0.3) is 5.09 Å². The predicted molar refractivity (Wildman–Crippen MR) is 89.0 cm³/mol. The first-order chi connectivity index (χ1) is 11.5. The second-order valence-electron chi connectivity index (χ2n) is 4.98. The Balaban J connectivity index is 2.04. The van der Waals surface area contributed by atoms with E-state index >= 15 is 0 Å². The summed E-state index contributed by atoms with van der Waals surface area (Å²) in [6.45, 7) is 0. The van der Waals surface area contributed by atoms with Crippen LogP contribution in [0.4, 0.5) is 0 Å². The maximum atomic E-state index is 12.6. The number of benzene rings is 2. The van der Waals surface area contributed by atoms with Crippen LogP contribution in [0.15, 0.2) is 64.1 Å². The lowest BCUT2D eigenvalue weighted by Gasteiger charge is -2.03. The van der Waals surface area contributed by atoms with E-state index in [9.17, 15) is 13.7 Å². The van der Waals surface area contributed by atoms with Crippen molar-refractivity contribution in [1.29, 1.82) is 5.26 Å². The van der Waals surface area contributed by atoms with Gasteiger partial charge in [-0.3, -0.25) is 0 Å². The average Bonchev–Trinajstić information content (AvgIpc) is 3.03. The van der Waals surface area contributed by atoms with Gasteiger partial charge in [0.05, 0.1) is 5.75 Å². The summed E-state index contributed by atoms with van der Waals surface area (Å²) in [4.78, 5) is 3.99. The fourth-order valence-corrected chi connectivity index (χ4v) is 3.84. The smallest absolute Gasteiger partial charge is 0.257 e. The van der Waals surface area contributed by atoms with E-state index in [1.54, 1.807) is 54.6 Å². The number of aromatic nitrogens is 1. The third kappa shape index (κ3) is 3.18. The second kappa shape index (κ2) is 6.48. The van der Waals surface area contributed by atoms with Crippen LogP contribution in [0.1, 0.15) is 11.3 Å². The second-order valence-corrected chi connectivity index (χ2v) is 7.28. The van der Waals surface area contributed by atoms with Gasteiger partial charge < -0.3 is 4.42 Å². The van der Waals surface area contributed by atoms with Crippen LogP contribution in [0.3, 0.4) is 0 Å². The van der Waals surface area contributed by atoms with Crippen LogP contribution in [0.2, 0.25) is 5.02 Å². The van der Waals surface area contributed by atoms with Crippen LogP contribution in [0.5, 0.6) is 0 Å². The molecule has 3 aromatic rings. The van der Waals surface area contributed by atoms with Crippen LogP contribution < -0.4 is 0 Å². The monoisotopic (exact) mass is 358 g/mol. The minimum atomic E-state index is -3.90. The van der Waals surface area contributed by atoms with E-state index in [0.717, 1.165) is 0 Å². The molecule has 0 aliphatic carbocycles. The van der Waals surface area contributed by atoms with Crippen molar-refractivity contribution in [3.05, 3.63) is 70.9 Å². The number of nitriles is 1. The zero-order valence-corrected chi connectivity index (χ0v) is 13.9. The molecule has 0 radical (unpaired) electrons. The predicted octanol–water partition coefficient (Wildman–Crippen LogP) is 3.84. The molecule has 0 spiro atoms. The molecule has 7 heteroatoms. The average molecular weight is 359 g/mol. The summed E-state index contributed by atoms with van der Waals surface area (Å²) in [5, 5.41) is 9.09. The lowest BCUT2D eigenvalue weighted by Crippen LogP contribution is -2.06. The van der Waals surface area contributed by atoms with Crippen molar-refractivity contribution in [2.75, 3.05) is 0 Å². The molecule has 0 saturated heterocycles. The summed E-state index contributed by atoms with van der Waals surface area (Å²) in [7, 11) is -3.90. The number of rotatable bonds is 4. The zero-order chi connectivity index (χ0) is 17.2. The third-order valence-electron chi connectivity index (χ3n) is 3.31. The number of nitrogens with zero attached hydrogens (tertiary/aromatic N) is 2. The first-order valence-corrected chi connectivity index (χ1v) is 8.97. The Morgan fingerprint density at radius 1 is 1.08 bits per heavy atom. The van der Waals surface area contributed by atoms with E-state index in [2.05, 4.69) is 4.98 Å². The largest absolute Gasteiger partial charge is 0.423 e. The highest BCUT2D eigenvalue weighted by Crippen LogP contribution is 2.28. The quantitative estimate of drug-likeness (QED) is 0.707. The molecule has 0 aliphatic rings. The highest BCUT2D eigenvalue weighted by atomic mass is 35.5. The van der Waals surface area contributed by atoms with Crippen LogP contribution in [0.25, 0.3) is 11.5 Å². The van der Waals surface area contributed by atoms with Gasteiger partial charge in [-0.15, -0.1) is 0 Å². The molecule has 0 aliphatic heterocycles. The van der Waals surface area contributed by atoms with Crippen molar-refractivity contribution >= 4 is 21.4 Å². The van der Waals surface area contributed by atoms with Gasteiger partial charge in [0.2, 0.25) is 15.7 Å². The Morgan fingerprint density at radius 3 is 2.42 bits per heavy atom. The topological polar surface area (TPSA) is 84.0 Å². The van der Waals surface area contributed by atoms with Crippen LogP contribution >= 0.6 is 11.6 Å². The first kappa shape index (κ1) is 16.2. The summed E-state index contributed by atoms with van der Waals surface area (Å²) >= 11 is 6.02. The fraction of sp³-hybridized carbons (Fsp3) is 0.0588. The molecule has 2 aromatic carbocycles. The molecule has 120 valence electrons. The zero-order valence-electron chi connectivity index (χ0n) is 12.3. The van der Waals surface area contributed by atoms with Gasteiger partial charge in [0.1, 0.15) is 6.07 Å².